The lowest BCUT2D eigenvalue weighted by Crippen LogP contribution is -2.00. The summed E-state index contributed by atoms with van der Waals surface area (Å²) in [5.74, 6) is 2.63. The number of hydrogen-bond donors (Lipinski definition) is 0. The summed E-state index contributed by atoms with van der Waals surface area (Å²) in [6.45, 7) is 0. The molecule has 2 aromatic heterocycles. The Labute approximate surface area is 385 Å². The maximum Gasteiger partial charge on any atom is 0.164 e. The molecule has 12 aromatic carbocycles. The van der Waals surface area contributed by atoms with E-state index in [4.69, 9.17) is 19.4 Å². The van der Waals surface area contributed by atoms with Crippen LogP contribution >= 0.6 is 0 Å². The first-order chi connectivity index (χ1) is 33.2. The van der Waals surface area contributed by atoms with E-state index in [9.17, 15) is 0 Å². The zero-order chi connectivity index (χ0) is 44.0. The second kappa shape index (κ2) is 14.8. The van der Waals surface area contributed by atoms with Crippen LogP contribution in [-0.4, -0.2) is 15.0 Å². The molecule has 0 bridgehead atoms. The quantitative estimate of drug-likeness (QED) is 0.156. The first-order valence-electron chi connectivity index (χ1n) is 22.7. The van der Waals surface area contributed by atoms with Crippen molar-refractivity contribution in [3.8, 4) is 67.7 Å². The van der Waals surface area contributed by atoms with Gasteiger partial charge in [-0.25, -0.2) is 15.0 Å². The van der Waals surface area contributed by atoms with E-state index in [1.54, 1.807) is 0 Å². The monoisotopic (exact) mass is 851 g/mol. The van der Waals surface area contributed by atoms with Crippen LogP contribution in [-0.2, 0) is 0 Å². The molecule has 310 valence electrons. The van der Waals surface area contributed by atoms with E-state index in [0.29, 0.717) is 17.5 Å². The predicted octanol–water partition coefficient (Wildman–Crippen LogP) is 17.0. The summed E-state index contributed by atoms with van der Waals surface area (Å²) >= 11 is 0. The molecule has 4 nitrogen and oxygen atoms in total. The Hall–Kier alpha value is -8.99. The van der Waals surface area contributed by atoms with Gasteiger partial charge >= 0.3 is 0 Å². The van der Waals surface area contributed by atoms with Gasteiger partial charge in [0.15, 0.2) is 17.5 Å². The van der Waals surface area contributed by atoms with Crippen molar-refractivity contribution in [2.24, 2.45) is 0 Å². The average Bonchev–Trinajstić information content (AvgIpc) is 3.85. The molecule has 4 heteroatoms. The summed E-state index contributed by atoms with van der Waals surface area (Å²) in [4.78, 5) is 15.2. The number of hydrogen-bond acceptors (Lipinski definition) is 4. The summed E-state index contributed by atoms with van der Waals surface area (Å²) in [7, 11) is 0. The molecule has 0 unspecified atom stereocenters. The van der Waals surface area contributed by atoms with Gasteiger partial charge in [0.2, 0.25) is 0 Å². The minimum atomic E-state index is 0.598. The fourth-order valence-corrected chi connectivity index (χ4v) is 10.4. The second-order valence-electron chi connectivity index (χ2n) is 17.5. The molecule has 2 heterocycles. The number of furan rings is 1. The third kappa shape index (κ3) is 6.11. The first-order valence-corrected chi connectivity index (χ1v) is 22.7. The highest BCUT2D eigenvalue weighted by Gasteiger charge is 2.18. The first kappa shape index (κ1) is 37.4. The highest BCUT2D eigenvalue weighted by Crippen LogP contribution is 2.45. The fraction of sp³-hybridized carbons (Fsp3) is 0. The number of para-hydroxylation sites is 1. The Kier molecular flexibility index (Phi) is 8.25. The summed E-state index contributed by atoms with van der Waals surface area (Å²) in [6, 6.07) is 80.2. The van der Waals surface area contributed by atoms with Gasteiger partial charge in [-0.3, -0.25) is 0 Å². The van der Waals surface area contributed by atoms with E-state index in [0.717, 1.165) is 50.1 Å². The molecular weight excluding hydrogens is 815 g/mol. The molecule has 0 amide bonds. The number of aromatic nitrogens is 3. The van der Waals surface area contributed by atoms with Crippen molar-refractivity contribution in [2.75, 3.05) is 0 Å². The van der Waals surface area contributed by atoms with Gasteiger partial charge in [-0.1, -0.05) is 188 Å². The average molecular weight is 852 g/mol. The van der Waals surface area contributed by atoms with Gasteiger partial charge in [-0.15, -0.1) is 0 Å². The van der Waals surface area contributed by atoms with Crippen molar-refractivity contribution in [3.63, 3.8) is 0 Å². The van der Waals surface area contributed by atoms with Crippen LogP contribution < -0.4 is 0 Å². The van der Waals surface area contributed by atoms with Crippen molar-refractivity contribution >= 4 is 75.6 Å². The Bertz CT molecular complexity index is 4230. The Morgan fingerprint density at radius 1 is 0.239 bits per heavy atom. The van der Waals surface area contributed by atoms with Crippen molar-refractivity contribution in [2.45, 2.75) is 0 Å². The minimum Gasteiger partial charge on any atom is -0.456 e. The van der Waals surface area contributed by atoms with E-state index in [2.05, 4.69) is 164 Å². The predicted molar refractivity (Wildman–Crippen MR) is 278 cm³/mol. The zero-order valence-electron chi connectivity index (χ0n) is 36.1. The topological polar surface area (TPSA) is 51.8 Å². The largest absolute Gasteiger partial charge is 0.456 e. The van der Waals surface area contributed by atoms with Gasteiger partial charge in [0.05, 0.1) is 0 Å². The third-order valence-corrected chi connectivity index (χ3v) is 13.6. The van der Waals surface area contributed by atoms with Crippen molar-refractivity contribution in [3.05, 3.63) is 224 Å². The molecule has 0 atom stereocenters. The molecule has 0 fully saturated rings. The summed E-state index contributed by atoms with van der Waals surface area (Å²) < 4.78 is 6.24. The SMILES string of the molecule is c1ccc(-c2nc(-c3ccc(-c4cccc(-c5cc6ccc7cccc8c9cccc%10ccc%11cccc(c(c5)c6c78)c%11c%109)c4)cc3)nc(-c3cccc(-c4cc5ccccc5o4)c3)n2)cc1. The molecule has 0 radical (unpaired) electrons. The van der Waals surface area contributed by atoms with Gasteiger partial charge in [0.1, 0.15) is 11.3 Å². The smallest absolute Gasteiger partial charge is 0.164 e. The molecule has 0 aliphatic rings. The molecule has 0 N–H and O–H groups in total. The Balaban J connectivity index is 0.875. The van der Waals surface area contributed by atoms with Gasteiger partial charge in [-0.05, 0) is 123 Å². The maximum absolute atomic E-state index is 6.24. The van der Waals surface area contributed by atoms with E-state index >= 15 is 0 Å². The normalized spacial score (nSPS) is 11.9. The summed E-state index contributed by atoms with van der Waals surface area (Å²) in [5, 5.41) is 16.4. The van der Waals surface area contributed by atoms with E-state index in [1.807, 2.05) is 60.7 Å². The van der Waals surface area contributed by atoms with Crippen LogP contribution in [0.15, 0.2) is 229 Å². The van der Waals surface area contributed by atoms with Crippen molar-refractivity contribution < 1.29 is 4.42 Å². The lowest BCUT2D eigenvalue weighted by atomic mass is 9.86. The molecule has 0 saturated heterocycles. The summed E-state index contributed by atoms with van der Waals surface area (Å²) in [5.41, 5.74) is 9.14. The molecule has 0 spiro atoms. The molecular formula is C63H37N3O. The molecule has 14 rings (SSSR count). The molecule has 67 heavy (non-hydrogen) atoms. The maximum atomic E-state index is 6.24. The van der Waals surface area contributed by atoms with Crippen LogP contribution in [0.4, 0.5) is 0 Å². The standard InChI is InChI=1S/C63H37N3O/c1-2-11-42(12-3-1)61-64-62(66-63(65-61)49-20-7-19-46(34-49)56-37-47-13-4-5-24-55(47)67-56)43-30-25-38(26-31-43)44-17-6-18-45(33-44)50-35-48-32-29-41-15-9-22-52-51-21-8-14-39-27-28-40-16-10-23-53(59(40)57(39)51)54(36-50)60(48)58(41)52/h1-37H. The van der Waals surface area contributed by atoms with Crippen molar-refractivity contribution in [1.29, 1.82) is 0 Å². The van der Waals surface area contributed by atoms with Crippen LogP contribution in [0, 0.1) is 0 Å². The lowest BCUT2D eigenvalue weighted by Gasteiger charge is -2.17. The number of fused-ring (bicyclic) bond motifs is 3. The molecule has 0 saturated carbocycles. The van der Waals surface area contributed by atoms with Crippen LogP contribution in [0.25, 0.3) is 143 Å². The molecule has 14 aromatic rings. The Morgan fingerprint density at radius 2 is 0.687 bits per heavy atom. The van der Waals surface area contributed by atoms with Crippen LogP contribution in [0.2, 0.25) is 0 Å². The fourth-order valence-electron chi connectivity index (χ4n) is 10.4. The highest BCUT2D eigenvalue weighted by molar-refractivity contribution is 6.37. The van der Waals surface area contributed by atoms with Gasteiger partial charge < -0.3 is 4.42 Å². The van der Waals surface area contributed by atoms with Gasteiger partial charge in [-0.2, -0.15) is 0 Å². The van der Waals surface area contributed by atoms with E-state index in [-0.39, 0.29) is 0 Å². The highest BCUT2D eigenvalue weighted by atomic mass is 16.3. The minimum absolute atomic E-state index is 0.598. The van der Waals surface area contributed by atoms with Crippen LogP contribution in [0.1, 0.15) is 0 Å². The number of rotatable bonds is 6. The zero-order valence-corrected chi connectivity index (χ0v) is 36.1. The van der Waals surface area contributed by atoms with Crippen molar-refractivity contribution in [1.82, 2.24) is 15.0 Å². The van der Waals surface area contributed by atoms with Gasteiger partial charge in [0.25, 0.3) is 0 Å². The second-order valence-corrected chi connectivity index (χ2v) is 17.5. The van der Waals surface area contributed by atoms with E-state index < -0.39 is 0 Å². The van der Waals surface area contributed by atoms with Crippen LogP contribution in [0.3, 0.4) is 0 Å². The molecule has 0 aliphatic heterocycles. The lowest BCUT2D eigenvalue weighted by molar-refractivity contribution is 0.631. The third-order valence-electron chi connectivity index (χ3n) is 13.6. The number of benzene rings is 11. The van der Waals surface area contributed by atoms with Crippen LogP contribution in [0.5, 0.6) is 0 Å². The summed E-state index contributed by atoms with van der Waals surface area (Å²) in [6.07, 6.45) is 0. The van der Waals surface area contributed by atoms with E-state index in [1.165, 1.54) is 75.8 Å². The number of nitrogens with zero attached hydrogens (tertiary/aromatic N) is 3. The Morgan fingerprint density at radius 3 is 1.34 bits per heavy atom. The van der Waals surface area contributed by atoms with Gasteiger partial charge in [0, 0.05) is 27.6 Å². The molecule has 0 aliphatic carbocycles.